The third-order valence-electron chi connectivity index (χ3n) is 4.59. The Hall–Kier alpha value is -3.68. The molecule has 0 radical (unpaired) electrons. The number of para-hydroxylation sites is 1. The molecule has 8 nitrogen and oxygen atoms in total. The zero-order valence-corrected chi connectivity index (χ0v) is 15.2. The zero-order valence-electron chi connectivity index (χ0n) is 15.2. The molecule has 0 aliphatic carbocycles. The van der Waals surface area contributed by atoms with Crippen molar-refractivity contribution in [1.29, 1.82) is 0 Å². The van der Waals surface area contributed by atoms with E-state index in [1.807, 2.05) is 60.7 Å². The van der Waals surface area contributed by atoms with E-state index in [1.165, 1.54) is 0 Å². The number of anilines is 1. The van der Waals surface area contributed by atoms with E-state index < -0.39 is 0 Å². The van der Waals surface area contributed by atoms with Gasteiger partial charge in [0.25, 0.3) is 5.91 Å². The summed E-state index contributed by atoms with van der Waals surface area (Å²) in [5, 5.41) is 13.7. The van der Waals surface area contributed by atoms with Gasteiger partial charge in [-0.1, -0.05) is 53.7 Å². The average Bonchev–Trinajstić information content (AvgIpc) is 3.16. The van der Waals surface area contributed by atoms with Crippen molar-refractivity contribution in [2.24, 2.45) is 0 Å². The van der Waals surface area contributed by atoms with Gasteiger partial charge in [-0.3, -0.25) is 4.79 Å². The molecule has 2 N–H and O–H groups in total. The highest BCUT2D eigenvalue weighted by Gasteiger charge is 2.33. The van der Waals surface area contributed by atoms with Crippen molar-refractivity contribution < 1.29 is 9.59 Å². The number of carbonyl (C=O) groups excluding carboxylic acids is 2. The summed E-state index contributed by atoms with van der Waals surface area (Å²) in [5.41, 5.74) is 2.04. The maximum atomic E-state index is 12.2. The zero-order chi connectivity index (χ0) is 19.3. The van der Waals surface area contributed by atoms with Gasteiger partial charge in [0.2, 0.25) is 0 Å². The third kappa shape index (κ3) is 4.01. The Morgan fingerprint density at radius 2 is 1.68 bits per heavy atom. The summed E-state index contributed by atoms with van der Waals surface area (Å²) in [4.78, 5) is 26.1. The van der Waals surface area contributed by atoms with Crippen LogP contribution in [0.2, 0.25) is 0 Å². The van der Waals surface area contributed by atoms with E-state index in [0.29, 0.717) is 19.6 Å². The van der Waals surface area contributed by atoms with Crippen LogP contribution < -0.4 is 10.6 Å². The van der Waals surface area contributed by atoms with Gasteiger partial charge in [0, 0.05) is 25.3 Å². The van der Waals surface area contributed by atoms with E-state index in [4.69, 9.17) is 0 Å². The molecular formula is C20H20N6O2. The molecule has 1 aromatic heterocycles. The Labute approximate surface area is 162 Å². The molecule has 0 atom stereocenters. The molecule has 2 heterocycles. The second-order valence-corrected chi connectivity index (χ2v) is 6.61. The maximum Gasteiger partial charge on any atom is 0.321 e. The van der Waals surface area contributed by atoms with Crippen molar-refractivity contribution >= 4 is 17.6 Å². The topological polar surface area (TPSA) is 92.2 Å². The van der Waals surface area contributed by atoms with Crippen LogP contribution in [0, 0.1) is 0 Å². The van der Waals surface area contributed by atoms with Crippen LogP contribution in [0.25, 0.3) is 0 Å². The van der Waals surface area contributed by atoms with Gasteiger partial charge in [-0.25, -0.2) is 9.48 Å². The van der Waals surface area contributed by atoms with Crippen LogP contribution in [0.5, 0.6) is 0 Å². The molecular weight excluding hydrogens is 356 g/mol. The van der Waals surface area contributed by atoms with Gasteiger partial charge in [-0.05, 0) is 17.7 Å². The van der Waals surface area contributed by atoms with Crippen LogP contribution in [0.3, 0.4) is 0 Å². The van der Waals surface area contributed by atoms with Crippen LogP contribution in [-0.2, 0) is 6.54 Å². The molecule has 3 amide bonds. The summed E-state index contributed by atoms with van der Waals surface area (Å²) >= 11 is 0. The number of nitrogens with zero attached hydrogens (tertiary/aromatic N) is 4. The highest BCUT2D eigenvalue weighted by molar-refractivity contribution is 5.92. The number of nitrogens with one attached hydrogen (secondary N) is 2. The van der Waals surface area contributed by atoms with Gasteiger partial charge in [-0.2, -0.15) is 0 Å². The average molecular weight is 376 g/mol. The van der Waals surface area contributed by atoms with E-state index in [1.54, 1.807) is 15.8 Å². The second kappa shape index (κ2) is 7.91. The summed E-state index contributed by atoms with van der Waals surface area (Å²) < 4.78 is 1.64. The molecule has 142 valence electrons. The lowest BCUT2D eigenvalue weighted by atomic mass is 10.1. The summed E-state index contributed by atoms with van der Waals surface area (Å²) in [7, 11) is 0. The molecule has 0 spiro atoms. The van der Waals surface area contributed by atoms with Gasteiger partial charge in [-0.15, -0.1) is 5.10 Å². The lowest BCUT2D eigenvalue weighted by molar-refractivity contribution is 0.0945. The Morgan fingerprint density at radius 1 is 1.00 bits per heavy atom. The van der Waals surface area contributed by atoms with E-state index in [9.17, 15) is 9.59 Å². The fourth-order valence-electron chi connectivity index (χ4n) is 2.94. The molecule has 1 saturated heterocycles. The largest absolute Gasteiger partial charge is 0.347 e. The minimum atomic E-state index is -0.270. The molecule has 8 heteroatoms. The fraction of sp³-hybridized carbons (Fsp3) is 0.200. The van der Waals surface area contributed by atoms with Crippen LogP contribution in [0.15, 0.2) is 66.9 Å². The highest BCUT2D eigenvalue weighted by atomic mass is 16.2. The molecule has 0 saturated carbocycles. The predicted octanol–water partition coefficient (Wildman–Crippen LogP) is 2.30. The number of aromatic nitrogens is 3. The summed E-state index contributed by atoms with van der Waals surface area (Å²) in [6, 6.07) is 18.9. The highest BCUT2D eigenvalue weighted by Crippen LogP contribution is 2.21. The van der Waals surface area contributed by atoms with Crippen molar-refractivity contribution in [3.63, 3.8) is 0 Å². The Bertz CT molecular complexity index is 951. The normalized spacial score (nSPS) is 13.6. The van der Waals surface area contributed by atoms with Crippen molar-refractivity contribution in [3.8, 4) is 0 Å². The van der Waals surface area contributed by atoms with Crippen molar-refractivity contribution in [3.05, 3.63) is 78.1 Å². The first-order valence-electron chi connectivity index (χ1n) is 9.04. The molecule has 3 aromatic rings. The van der Waals surface area contributed by atoms with E-state index in [-0.39, 0.29) is 23.7 Å². The molecule has 2 aromatic carbocycles. The smallest absolute Gasteiger partial charge is 0.321 e. The lowest BCUT2D eigenvalue weighted by Crippen LogP contribution is -2.52. The molecule has 1 aliphatic heterocycles. The van der Waals surface area contributed by atoms with Gasteiger partial charge in [0.15, 0.2) is 5.69 Å². The standard InChI is InChI=1S/C20H20N6O2/c27-19(21-11-15-7-3-1-4-8-15)18-14-26(24-23-18)17-12-25(13-17)20(28)22-16-9-5-2-6-10-16/h1-10,14,17H,11-13H2,(H,21,27)(H,22,28). The van der Waals surface area contributed by atoms with Gasteiger partial charge < -0.3 is 15.5 Å². The lowest BCUT2D eigenvalue weighted by Gasteiger charge is -2.38. The SMILES string of the molecule is O=C(NCc1ccccc1)c1cn(C2CN(C(=O)Nc3ccccc3)C2)nn1. The van der Waals surface area contributed by atoms with Crippen LogP contribution >= 0.6 is 0 Å². The monoisotopic (exact) mass is 376 g/mol. The summed E-state index contributed by atoms with van der Waals surface area (Å²) in [5.74, 6) is -0.270. The number of benzene rings is 2. The second-order valence-electron chi connectivity index (χ2n) is 6.61. The van der Waals surface area contributed by atoms with E-state index >= 15 is 0 Å². The summed E-state index contributed by atoms with van der Waals surface area (Å²) in [6.07, 6.45) is 1.62. The fourth-order valence-corrected chi connectivity index (χ4v) is 2.94. The predicted molar refractivity (Wildman–Crippen MR) is 104 cm³/mol. The molecule has 0 bridgehead atoms. The number of hydrogen-bond donors (Lipinski definition) is 2. The molecule has 4 rings (SSSR count). The van der Waals surface area contributed by atoms with Crippen LogP contribution in [0.4, 0.5) is 10.5 Å². The number of likely N-dealkylation sites (tertiary alicyclic amines) is 1. The number of hydrogen-bond acceptors (Lipinski definition) is 4. The van der Waals surface area contributed by atoms with E-state index in [0.717, 1.165) is 11.3 Å². The molecule has 28 heavy (non-hydrogen) atoms. The van der Waals surface area contributed by atoms with Gasteiger partial charge in [0.05, 0.1) is 12.2 Å². The van der Waals surface area contributed by atoms with Crippen molar-refractivity contribution in [2.45, 2.75) is 12.6 Å². The van der Waals surface area contributed by atoms with E-state index in [2.05, 4.69) is 20.9 Å². The molecule has 1 fully saturated rings. The quantitative estimate of drug-likeness (QED) is 0.715. The Balaban J connectivity index is 1.27. The molecule has 0 unspecified atom stereocenters. The Kier molecular flexibility index (Phi) is 5.01. The van der Waals surface area contributed by atoms with Crippen molar-refractivity contribution in [2.75, 3.05) is 18.4 Å². The first-order valence-corrected chi connectivity index (χ1v) is 9.04. The summed E-state index contributed by atoms with van der Waals surface area (Å²) in [6.45, 7) is 1.48. The van der Waals surface area contributed by atoms with Gasteiger partial charge in [0.1, 0.15) is 0 Å². The van der Waals surface area contributed by atoms with Gasteiger partial charge >= 0.3 is 6.03 Å². The first-order chi connectivity index (χ1) is 13.7. The number of rotatable bonds is 5. The molecule has 1 aliphatic rings. The van der Waals surface area contributed by atoms with Crippen LogP contribution in [-0.4, -0.2) is 44.9 Å². The van der Waals surface area contributed by atoms with Crippen molar-refractivity contribution in [1.82, 2.24) is 25.2 Å². The maximum absolute atomic E-state index is 12.2. The minimum Gasteiger partial charge on any atom is -0.347 e. The first kappa shape index (κ1) is 17.7. The Morgan fingerprint density at radius 3 is 2.39 bits per heavy atom. The number of carbonyl (C=O) groups is 2. The number of urea groups is 1. The number of amides is 3. The minimum absolute atomic E-state index is 0.0182. The van der Waals surface area contributed by atoms with Crippen LogP contribution in [0.1, 0.15) is 22.1 Å². The third-order valence-corrected chi connectivity index (χ3v) is 4.59.